The Morgan fingerprint density at radius 1 is 1.67 bits per heavy atom. The molecular weight excluding hydrogens is 190 g/mol. The van der Waals surface area contributed by atoms with Crippen LogP contribution in [0.5, 0.6) is 0 Å². The fourth-order valence-electron chi connectivity index (χ4n) is 0.489. The summed E-state index contributed by atoms with van der Waals surface area (Å²) in [6, 6.07) is 0. The zero-order chi connectivity index (χ0) is 9.40. The molecular formula is C7H13N3S2. The van der Waals surface area contributed by atoms with Gasteiger partial charge in [-0.15, -0.1) is 0 Å². The molecule has 0 aliphatic heterocycles. The summed E-state index contributed by atoms with van der Waals surface area (Å²) in [4.78, 5) is 4.23. The van der Waals surface area contributed by atoms with Crippen LogP contribution in [-0.4, -0.2) is 29.5 Å². The van der Waals surface area contributed by atoms with Crippen molar-refractivity contribution < 1.29 is 0 Å². The fraction of sp³-hybridized carbons (Fsp3) is 0.714. The van der Waals surface area contributed by atoms with Crippen LogP contribution in [0.4, 0.5) is 0 Å². The van der Waals surface area contributed by atoms with Crippen LogP contribution in [-0.2, 0) is 0 Å². The van der Waals surface area contributed by atoms with Gasteiger partial charge in [0.1, 0.15) is 0 Å². The topological polar surface area (TPSA) is 48.2 Å². The normalized spacial score (nSPS) is 13.7. The number of nitrogens with zero attached hydrogens (tertiary/aromatic N) is 2. The Labute approximate surface area is 82.0 Å². The molecule has 0 aliphatic rings. The number of hydrogen-bond acceptors (Lipinski definition) is 4. The van der Waals surface area contributed by atoms with Crippen LogP contribution >= 0.6 is 23.5 Å². The summed E-state index contributed by atoms with van der Waals surface area (Å²) in [6.07, 6.45) is 5.80. The molecule has 0 aromatic carbocycles. The van der Waals surface area contributed by atoms with Gasteiger partial charge in [0.2, 0.25) is 0 Å². The minimum absolute atomic E-state index is 0.507. The summed E-state index contributed by atoms with van der Waals surface area (Å²) in [5.41, 5.74) is 0. The standard InChI is InChI=1S/C7H13N3S2/c1-6(11-2)4-9-7(12-3)10-5-8/h6H,4H2,1-3H3,(H,9,10). The highest BCUT2D eigenvalue weighted by Crippen LogP contribution is 2.05. The fourth-order valence-corrected chi connectivity index (χ4v) is 1.06. The van der Waals surface area contributed by atoms with Gasteiger partial charge in [-0.05, 0) is 12.5 Å². The van der Waals surface area contributed by atoms with E-state index >= 15 is 0 Å². The second-order valence-corrected chi connectivity index (χ2v) is 4.20. The Bertz CT molecular complexity index is 186. The number of thioether (sulfide) groups is 2. The molecule has 3 nitrogen and oxygen atoms in total. The highest BCUT2D eigenvalue weighted by atomic mass is 32.2. The molecule has 12 heavy (non-hydrogen) atoms. The van der Waals surface area contributed by atoms with Gasteiger partial charge >= 0.3 is 0 Å². The molecule has 0 rings (SSSR count). The highest BCUT2D eigenvalue weighted by molar-refractivity contribution is 8.13. The third-order valence-electron chi connectivity index (χ3n) is 1.25. The van der Waals surface area contributed by atoms with Gasteiger partial charge in [-0.25, -0.2) is 0 Å². The molecule has 1 unspecified atom stereocenters. The van der Waals surface area contributed by atoms with Gasteiger partial charge in [0.05, 0.1) is 6.54 Å². The Kier molecular flexibility index (Phi) is 7.11. The summed E-state index contributed by atoms with van der Waals surface area (Å²) in [5, 5.41) is 12.1. The minimum Gasteiger partial charge on any atom is -0.272 e. The largest absolute Gasteiger partial charge is 0.272 e. The predicted octanol–water partition coefficient (Wildman–Crippen LogP) is 1.53. The van der Waals surface area contributed by atoms with Crippen LogP contribution in [0.1, 0.15) is 6.92 Å². The van der Waals surface area contributed by atoms with E-state index in [4.69, 9.17) is 5.26 Å². The van der Waals surface area contributed by atoms with Crippen molar-refractivity contribution in [1.82, 2.24) is 5.32 Å². The van der Waals surface area contributed by atoms with Crippen molar-refractivity contribution in [3.05, 3.63) is 0 Å². The smallest absolute Gasteiger partial charge is 0.183 e. The van der Waals surface area contributed by atoms with E-state index in [0.717, 1.165) is 6.54 Å². The van der Waals surface area contributed by atoms with Gasteiger partial charge in [-0.2, -0.15) is 17.0 Å². The summed E-state index contributed by atoms with van der Waals surface area (Å²) >= 11 is 3.22. The molecule has 0 fully saturated rings. The van der Waals surface area contributed by atoms with Crippen molar-refractivity contribution in [3.63, 3.8) is 0 Å². The lowest BCUT2D eigenvalue weighted by atomic mass is 10.5. The third-order valence-corrected chi connectivity index (χ3v) is 2.82. The zero-order valence-corrected chi connectivity index (χ0v) is 9.13. The predicted molar refractivity (Wildman–Crippen MR) is 57.5 cm³/mol. The van der Waals surface area contributed by atoms with E-state index in [1.54, 1.807) is 11.8 Å². The molecule has 0 amide bonds. The van der Waals surface area contributed by atoms with Gasteiger partial charge in [0, 0.05) is 5.25 Å². The second kappa shape index (κ2) is 7.32. The summed E-state index contributed by atoms with van der Waals surface area (Å²) in [6.45, 7) is 2.87. The molecule has 0 aromatic heterocycles. The highest BCUT2D eigenvalue weighted by Gasteiger charge is 1.98. The van der Waals surface area contributed by atoms with Crippen LogP contribution in [0.25, 0.3) is 0 Å². The summed E-state index contributed by atoms with van der Waals surface area (Å²) in [7, 11) is 0. The van der Waals surface area contributed by atoms with Gasteiger partial charge < -0.3 is 0 Å². The molecule has 0 aliphatic carbocycles. The number of amidine groups is 1. The maximum Gasteiger partial charge on any atom is 0.183 e. The number of aliphatic imine (C=N–C) groups is 1. The van der Waals surface area contributed by atoms with E-state index in [1.807, 2.05) is 12.4 Å². The number of hydrogen-bond donors (Lipinski definition) is 1. The van der Waals surface area contributed by atoms with Crippen molar-refractivity contribution >= 4 is 28.7 Å². The second-order valence-electron chi connectivity index (χ2n) is 2.13. The minimum atomic E-state index is 0.507. The Morgan fingerprint density at radius 2 is 2.33 bits per heavy atom. The van der Waals surface area contributed by atoms with Crippen molar-refractivity contribution in [2.24, 2.45) is 4.99 Å². The summed E-state index contributed by atoms with van der Waals surface area (Å²) in [5.74, 6) is 0. The van der Waals surface area contributed by atoms with Gasteiger partial charge in [-0.3, -0.25) is 10.3 Å². The maximum absolute atomic E-state index is 8.33. The van der Waals surface area contributed by atoms with Crippen molar-refractivity contribution in [1.29, 1.82) is 5.26 Å². The molecule has 1 N–H and O–H groups in total. The van der Waals surface area contributed by atoms with Crippen molar-refractivity contribution in [3.8, 4) is 6.19 Å². The van der Waals surface area contributed by atoms with Crippen LogP contribution in [0.3, 0.4) is 0 Å². The van der Waals surface area contributed by atoms with Crippen LogP contribution in [0.2, 0.25) is 0 Å². The van der Waals surface area contributed by atoms with Crippen molar-refractivity contribution in [2.45, 2.75) is 12.2 Å². The maximum atomic E-state index is 8.33. The lowest BCUT2D eigenvalue weighted by molar-refractivity contribution is 0.951. The van der Waals surface area contributed by atoms with Crippen LogP contribution in [0, 0.1) is 11.5 Å². The van der Waals surface area contributed by atoms with Gasteiger partial charge in [-0.1, -0.05) is 18.7 Å². The van der Waals surface area contributed by atoms with Crippen LogP contribution < -0.4 is 5.32 Å². The first-order valence-electron chi connectivity index (χ1n) is 3.51. The van der Waals surface area contributed by atoms with E-state index in [2.05, 4.69) is 23.5 Å². The first kappa shape index (κ1) is 11.7. The Balaban J connectivity index is 3.86. The average Bonchev–Trinajstić information content (AvgIpc) is 2.11. The van der Waals surface area contributed by atoms with Gasteiger partial charge in [0.25, 0.3) is 0 Å². The molecule has 0 aromatic rings. The molecule has 0 radical (unpaired) electrons. The average molecular weight is 203 g/mol. The number of nitriles is 1. The van der Waals surface area contributed by atoms with Gasteiger partial charge in [0.15, 0.2) is 11.4 Å². The molecule has 0 saturated carbocycles. The van der Waals surface area contributed by atoms with E-state index < -0.39 is 0 Å². The molecule has 5 heteroatoms. The number of nitrogens with one attached hydrogen (secondary N) is 1. The first-order chi connectivity index (χ1) is 5.74. The van der Waals surface area contributed by atoms with E-state index in [0.29, 0.717) is 10.4 Å². The molecule has 0 spiro atoms. The number of rotatable bonds is 3. The zero-order valence-electron chi connectivity index (χ0n) is 7.50. The SMILES string of the molecule is CSC(=NCC(C)SC)NC#N. The third kappa shape index (κ3) is 5.33. The lowest BCUT2D eigenvalue weighted by Crippen LogP contribution is -2.15. The van der Waals surface area contributed by atoms with E-state index in [9.17, 15) is 0 Å². The quantitative estimate of drug-likeness (QED) is 0.327. The molecule has 0 saturated heterocycles. The molecule has 68 valence electrons. The van der Waals surface area contributed by atoms with E-state index in [1.165, 1.54) is 11.8 Å². The Morgan fingerprint density at radius 3 is 2.75 bits per heavy atom. The van der Waals surface area contributed by atoms with Crippen molar-refractivity contribution in [2.75, 3.05) is 19.1 Å². The molecule has 0 bridgehead atoms. The Hall–Kier alpha value is -0.340. The van der Waals surface area contributed by atoms with E-state index in [-0.39, 0.29) is 0 Å². The first-order valence-corrected chi connectivity index (χ1v) is 6.02. The van der Waals surface area contributed by atoms with Crippen LogP contribution in [0.15, 0.2) is 4.99 Å². The monoisotopic (exact) mass is 203 g/mol. The lowest BCUT2D eigenvalue weighted by Gasteiger charge is -2.04. The molecule has 1 atom stereocenters. The summed E-state index contributed by atoms with van der Waals surface area (Å²) < 4.78 is 0. The molecule has 0 heterocycles.